The average Bonchev–Trinajstić information content (AvgIpc) is 3.36. The summed E-state index contributed by atoms with van der Waals surface area (Å²) in [6.45, 7) is -0.328. The van der Waals surface area contributed by atoms with Crippen LogP contribution in [-0.4, -0.2) is 30.2 Å². The summed E-state index contributed by atoms with van der Waals surface area (Å²) in [6, 6.07) is 9.70. The second-order valence-corrected chi connectivity index (χ2v) is 9.64. The van der Waals surface area contributed by atoms with Gasteiger partial charge in [-0.05, 0) is 65.8 Å². The topological polar surface area (TPSA) is 80.8 Å². The molecule has 5 aliphatic rings. The molecular formula is C24H19NO5S. The quantitative estimate of drug-likeness (QED) is 0.313. The molecule has 0 spiro atoms. The lowest BCUT2D eigenvalue weighted by Crippen LogP contribution is -2.40. The minimum absolute atomic E-state index is 0.128. The Bertz CT molecular complexity index is 1100. The summed E-state index contributed by atoms with van der Waals surface area (Å²) in [4.78, 5) is 52.4. The van der Waals surface area contributed by atoms with E-state index in [0.717, 1.165) is 6.42 Å². The Kier molecular flexibility index (Phi) is 4.05. The highest BCUT2D eigenvalue weighted by Gasteiger charge is 2.67. The highest BCUT2D eigenvalue weighted by atomic mass is 32.1. The summed E-state index contributed by atoms with van der Waals surface area (Å²) < 4.78 is 5.11. The first-order valence-electron chi connectivity index (χ1n) is 10.4. The van der Waals surface area contributed by atoms with Gasteiger partial charge >= 0.3 is 5.97 Å². The zero-order valence-electron chi connectivity index (χ0n) is 16.5. The molecule has 4 aliphatic carbocycles. The molecule has 31 heavy (non-hydrogen) atoms. The molecule has 1 aliphatic heterocycles. The molecular weight excluding hydrogens is 414 g/mol. The van der Waals surface area contributed by atoms with Crippen LogP contribution in [0.4, 0.5) is 5.69 Å². The van der Waals surface area contributed by atoms with Gasteiger partial charge in [0, 0.05) is 0 Å². The predicted octanol–water partition coefficient (Wildman–Crippen LogP) is 3.35. The van der Waals surface area contributed by atoms with Gasteiger partial charge in [-0.15, -0.1) is 11.3 Å². The lowest BCUT2D eigenvalue weighted by Gasteiger charge is -2.37. The molecule has 2 aromatic rings. The molecule has 1 aromatic carbocycles. The number of hydrogen-bond donors (Lipinski definition) is 0. The number of thiophene rings is 1. The van der Waals surface area contributed by atoms with Gasteiger partial charge in [-0.3, -0.25) is 19.3 Å². The number of amides is 2. The van der Waals surface area contributed by atoms with E-state index in [0.29, 0.717) is 22.4 Å². The SMILES string of the molecule is O=C(OCC(=O)c1cccs1)c1ccc(N2C(=O)[C@@H]3[C@@H]4C=C[C@H]([C@H]5C[C@H]45)[C@H]3C2=O)cc1. The molecule has 2 amide bonds. The lowest BCUT2D eigenvalue weighted by molar-refractivity contribution is -0.124. The van der Waals surface area contributed by atoms with Gasteiger partial charge in [0.1, 0.15) is 0 Å². The smallest absolute Gasteiger partial charge is 0.338 e. The zero-order chi connectivity index (χ0) is 21.3. The monoisotopic (exact) mass is 433 g/mol. The van der Waals surface area contributed by atoms with Crippen LogP contribution in [0.3, 0.4) is 0 Å². The first-order chi connectivity index (χ1) is 15.0. The fraction of sp³-hybridized carbons (Fsp3) is 0.333. The average molecular weight is 433 g/mol. The van der Waals surface area contributed by atoms with Gasteiger partial charge in [0.15, 0.2) is 6.61 Å². The van der Waals surface area contributed by atoms with Crippen molar-refractivity contribution >= 4 is 40.6 Å². The third-order valence-electron chi connectivity index (χ3n) is 7.15. The van der Waals surface area contributed by atoms with Gasteiger partial charge in [0.2, 0.25) is 17.6 Å². The van der Waals surface area contributed by atoms with E-state index in [1.54, 1.807) is 29.6 Å². The van der Waals surface area contributed by atoms with Crippen LogP contribution in [0.15, 0.2) is 53.9 Å². The van der Waals surface area contributed by atoms with Crippen LogP contribution >= 0.6 is 11.3 Å². The van der Waals surface area contributed by atoms with Gasteiger partial charge in [-0.25, -0.2) is 4.79 Å². The number of benzene rings is 1. The van der Waals surface area contributed by atoms with Crippen molar-refractivity contribution in [2.45, 2.75) is 6.42 Å². The fourth-order valence-electron chi connectivity index (χ4n) is 5.68. The van der Waals surface area contributed by atoms with Crippen molar-refractivity contribution in [3.8, 4) is 0 Å². The standard InChI is InChI=1S/C24H19NO5S/c26-18(19-2-1-9-31-19)11-30-24(29)12-3-5-13(6-4-12)25-22(27)20-14-7-8-15(17-10-16(14)17)21(20)23(25)28/h1-9,14-17,20-21H,10-11H2/t14-,15-,16-,17-,20-,21-/m1/s1. The van der Waals surface area contributed by atoms with E-state index in [2.05, 4.69) is 12.2 Å². The number of nitrogens with zero attached hydrogens (tertiary/aromatic N) is 1. The molecule has 156 valence electrons. The largest absolute Gasteiger partial charge is 0.454 e. The molecule has 2 bridgehead atoms. The number of rotatable bonds is 5. The van der Waals surface area contributed by atoms with Crippen LogP contribution in [0.5, 0.6) is 0 Å². The number of hydrogen-bond acceptors (Lipinski definition) is 6. The van der Waals surface area contributed by atoms with Crippen LogP contribution < -0.4 is 4.90 Å². The van der Waals surface area contributed by atoms with Gasteiger partial charge < -0.3 is 4.74 Å². The predicted molar refractivity (Wildman–Crippen MR) is 113 cm³/mol. The summed E-state index contributed by atoms with van der Waals surface area (Å²) in [5.74, 6) is -0.160. The van der Waals surface area contributed by atoms with E-state index in [1.807, 2.05) is 0 Å². The van der Waals surface area contributed by atoms with Gasteiger partial charge in [0.05, 0.1) is 28.0 Å². The molecule has 0 unspecified atom stereocenters. The highest BCUT2D eigenvalue weighted by molar-refractivity contribution is 7.12. The van der Waals surface area contributed by atoms with Crippen LogP contribution in [0, 0.1) is 35.5 Å². The first-order valence-corrected chi connectivity index (χ1v) is 11.3. The Morgan fingerprint density at radius 3 is 2.19 bits per heavy atom. The minimum atomic E-state index is -0.619. The molecule has 7 rings (SSSR count). The Hall–Kier alpha value is -3.06. The third kappa shape index (κ3) is 2.76. The maximum Gasteiger partial charge on any atom is 0.338 e. The fourth-order valence-corrected chi connectivity index (χ4v) is 6.33. The number of anilines is 1. The molecule has 1 aromatic heterocycles. The summed E-state index contributed by atoms with van der Waals surface area (Å²) in [6.07, 6.45) is 5.41. The summed E-state index contributed by atoms with van der Waals surface area (Å²) in [5, 5.41) is 1.79. The number of esters is 1. The molecule has 1 saturated heterocycles. The zero-order valence-corrected chi connectivity index (χ0v) is 17.3. The van der Waals surface area contributed by atoms with E-state index < -0.39 is 5.97 Å². The number of imide groups is 1. The highest BCUT2D eigenvalue weighted by Crippen LogP contribution is 2.65. The van der Waals surface area contributed by atoms with Crippen LogP contribution in [0.1, 0.15) is 26.5 Å². The Morgan fingerprint density at radius 2 is 1.61 bits per heavy atom. The van der Waals surface area contributed by atoms with Crippen LogP contribution in [-0.2, 0) is 14.3 Å². The van der Waals surface area contributed by atoms with Crippen molar-refractivity contribution in [3.63, 3.8) is 0 Å². The lowest BCUT2D eigenvalue weighted by atomic mass is 9.63. The van der Waals surface area contributed by atoms with E-state index in [-0.39, 0.29) is 53.4 Å². The van der Waals surface area contributed by atoms with E-state index >= 15 is 0 Å². The van der Waals surface area contributed by atoms with E-state index in [4.69, 9.17) is 4.74 Å². The van der Waals surface area contributed by atoms with Gasteiger partial charge in [-0.2, -0.15) is 0 Å². The van der Waals surface area contributed by atoms with Crippen LogP contribution in [0.2, 0.25) is 0 Å². The number of carbonyl (C=O) groups is 4. The number of ketones is 1. The molecule has 0 radical (unpaired) electrons. The summed E-state index contributed by atoms with van der Waals surface area (Å²) in [5.41, 5.74) is 0.742. The Labute approximate surface area is 182 Å². The van der Waals surface area contributed by atoms with E-state index in [1.165, 1.54) is 28.4 Å². The normalized spacial score (nSPS) is 32.1. The molecule has 6 nitrogen and oxygen atoms in total. The Balaban J connectivity index is 1.16. The van der Waals surface area contributed by atoms with Crippen molar-refractivity contribution in [2.75, 3.05) is 11.5 Å². The number of carbonyl (C=O) groups excluding carboxylic acids is 4. The maximum atomic E-state index is 13.2. The summed E-state index contributed by atoms with van der Waals surface area (Å²) >= 11 is 1.30. The van der Waals surface area contributed by atoms with Crippen molar-refractivity contribution in [2.24, 2.45) is 35.5 Å². The molecule has 2 heterocycles. The second kappa shape index (κ2) is 6.72. The van der Waals surface area contributed by atoms with Crippen molar-refractivity contribution < 1.29 is 23.9 Å². The molecule has 0 N–H and O–H groups in total. The minimum Gasteiger partial charge on any atom is -0.454 e. The number of Topliss-reactive ketones (excluding diaryl/α,β-unsaturated/α-hetero) is 1. The molecule has 6 atom stereocenters. The van der Waals surface area contributed by atoms with Crippen molar-refractivity contribution in [1.82, 2.24) is 0 Å². The van der Waals surface area contributed by atoms with Crippen LogP contribution in [0.25, 0.3) is 0 Å². The molecule has 3 fully saturated rings. The van der Waals surface area contributed by atoms with Crippen molar-refractivity contribution in [1.29, 1.82) is 0 Å². The second-order valence-electron chi connectivity index (χ2n) is 8.69. The third-order valence-corrected chi connectivity index (χ3v) is 8.07. The maximum absolute atomic E-state index is 13.2. The molecule has 2 saturated carbocycles. The van der Waals surface area contributed by atoms with E-state index in [9.17, 15) is 19.2 Å². The number of allylic oxidation sites excluding steroid dienone is 2. The summed E-state index contributed by atoms with van der Waals surface area (Å²) in [7, 11) is 0. The Morgan fingerprint density at radius 1 is 0.968 bits per heavy atom. The first kappa shape index (κ1) is 18.7. The number of ether oxygens (including phenoxy) is 1. The van der Waals surface area contributed by atoms with Crippen molar-refractivity contribution in [3.05, 3.63) is 64.4 Å². The molecule has 7 heteroatoms. The van der Waals surface area contributed by atoms with Gasteiger partial charge in [0.25, 0.3) is 0 Å². The van der Waals surface area contributed by atoms with Gasteiger partial charge in [-0.1, -0.05) is 18.2 Å².